The average Bonchev–Trinajstić information content (AvgIpc) is 2.77. The van der Waals surface area contributed by atoms with E-state index in [1.807, 2.05) is 6.20 Å². The maximum absolute atomic E-state index is 4.09. The van der Waals surface area contributed by atoms with Gasteiger partial charge in [-0.2, -0.15) is 10.5 Å². The Hall–Kier alpha value is -1.77. The smallest absolute Gasteiger partial charge is 0.0878 e. The lowest BCUT2D eigenvalue weighted by Gasteiger charge is -2.25. The van der Waals surface area contributed by atoms with Gasteiger partial charge in [0.15, 0.2) is 0 Å². The molecule has 1 N–H and O–H groups in total. The van der Waals surface area contributed by atoms with Crippen LogP contribution in [0, 0.1) is 0 Å². The zero-order valence-corrected chi connectivity index (χ0v) is 9.06. The van der Waals surface area contributed by atoms with Crippen LogP contribution in [0.5, 0.6) is 0 Å². The monoisotopic (exact) mass is 212 g/mol. The summed E-state index contributed by atoms with van der Waals surface area (Å²) in [6.45, 7) is 0. The molecule has 16 heavy (non-hydrogen) atoms. The minimum absolute atomic E-state index is 0.515. The van der Waals surface area contributed by atoms with Crippen molar-refractivity contribution in [3.63, 3.8) is 0 Å². The topological polar surface area (TPSA) is 38.5 Å². The maximum atomic E-state index is 4.09. The summed E-state index contributed by atoms with van der Waals surface area (Å²) >= 11 is 0. The molecule has 2 heterocycles. The van der Waals surface area contributed by atoms with Gasteiger partial charge in [-0.3, -0.25) is 0 Å². The fourth-order valence-corrected chi connectivity index (χ4v) is 2.24. The second-order valence-electron chi connectivity index (χ2n) is 4.27. The van der Waals surface area contributed by atoms with Crippen LogP contribution in [0.3, 0.4) is 0 Å². The van der Waals surface area contributed by atoms with E-state index in [1.54, 1.807) is 0 Å². The molecule has 0 bridgehead atoms. The van der Waals surface area contributed by atoms with E-state index in [-0.39, 0.29) is 0 Å². The van der Waals surface area contributed by atoms with Crippen molar-refractivity contribution < 1.29 is 0 Å². The summed E-state index contributed by atoms with van der Waals surface area (Å²) in [4.78, 5) is 0. The summed E-state index contributed by atoms with van der Waals surface area (Å²) in [7, 11) is 0. The second kappa shape index (κ2) is 4.00. The van der Waals surface area contributed by atoms with Crippen LogP contribution >= 0.6 is 0 Å². The zero-order chi connectivity index (χ0) is 10.8. The van der Waals surface area contributed by atoms with Crippen LogP contribution in [0.15, 0.2) is 47.3 Å². The number of hydrogen-bond acceptors (Lipinski definition) is 2. The van der Waals surface area contributed by atoms with Crippen LogP contribution in [0.2, 0.25) is 0 Å². The third kappa shape index (κ3) is 1.81. The molecule has 1 saturated heterocycles. The molecule has 0 spiro atoms. The van der Waals surface area contributed by atoms with Gasteiger partial charge in [0.05, 0.1) is 17.6 Å². The van der Waals surface area contributed by atoms with Crippen molar-refractivity contribution in [2.24, 2.45) is 5.10 Å². The molecule has 2 aliphatic rings. The number of fused-ring (bicyclic) bond motifs is 1. The van der Waals surface area contributed by atoms with Crippen molar-refractivity contribution in [3.8, 4) is 0 Å². The highest BCUT2D eigenvalue weighted by Crippen LogP contribution is 2.19. The Morgan fingerprint density at radius 2 is 2.12 bits per heavy atom. The van der Waals surface area contributed by atoms with Crippen LogP contribution < -0.4 is 10.7 Å². The molecule has 1 atom stereocenters. The van der Waals surface area contributed by atoms with Gasteiger partial charge in [0.2, 0.25) is 0 Å². The number of nitrogens with zero attached hydrogens (tertiary/aromatic N) is 2. The highest BCUT2D eigenvalue weighted by molar-refractivity contribution is 6.01. The SMILES string of the molecule is C1=C2NC(Cc3ccccc3)CCC2=N[N]1. The van der Waals surface area contributed by atoms with E-state index in [2.05, 4.69) is 46.2 Å². The van der Waals surface area contributed by atoms with Crippen LogP contribution in [0.4, 0.5) is 0 Å². The largest absolute Gasteiger partial charge is 0.379 e. The van der Waals surface area contributed by atoms with Gasteiger partial charge in [0.25, 0.3) is 0 Å². The van der Waals surface area contributed by atoms with Gasteiger partial charge in [-0.1, -0.05) is 30.3 Å². The molecule has 0 amide bonds. The minimum Gasteiger partial charge on any atom is -0.379 e. The highest BCUT2D eigenvalue weighted by Gasteiger charge is 2.23. The molecule has 1 aromatic rings. The molecule has 81 valence electrons. The third-order valence-electron chi connectivity index (χ3n) is 3.09. The minimum atomic E-state index is 0.515. The molecular formula is C13H14N3. The van der Waals surface area contributed by atoms with E-state index in [0.29, 0.717) is 6.04 Å². The molecule has 2 aliphatic heterocycles. The summed E-state index contributed by atoms with van der Waals surface area (Å²) in [5, 5.41) is 7.59. The lowest BCUT2D eigenvalue weighted by molar-refractivity contribution is 0.522. The molecule has 1 radical (unpaired) electrons. The maximum Gasteiger partial charge on any atom is 0.0878 e. The second-order valence-corrected chi connectivity index (χ2v) is 4.27. The van der Waals surface area contributed by atoms with E-state index in [1.165, 1.54) is 5.56 Å². The average molecular weight is 212 g/mol. The van der Waals surface area contributed by atoms with Crippen LogP contribution in [-0.2, 0) is 6.42 Å². The van der Waals surface area contributed by atoms with Gasteiger partial charge in [-0.15, -0.1) is 0 Å². The number of piperidine rings is 1. The van der Waals surface area contributed by atoms with Gasteiger partial charge in [-0.05, 0) is 24.8 Å². The molecule has 3 nitrogen and oxygen atoms in total. The zero-order valence-electron chi connectivity index (χ0n) is 9.06. The van der Waals surface area contributed by atoms with Gasteiger partial charge in [0, 0.05) is 6.04 Å². The Morgan fingerprint density at radius 1 is 1.25 bits per heavy atom. The van der Waals surface area contributed by atoms with Gasteiger partial charge in [0.1, 0.15) is 0 Å². The van der Waals surface area contributed by atoms with Gasteiger partial charge >= 0.3 is 0 Å². The number of benzene rings is 1. The summed E-state index contributed by atoms with van der Waals surface area (Å²) in [5.41, 5.74) is 7.55. The van der Waals surface area contributed by atoms with Crippen LogP contribution in [0.1, 0.15) is 18.4 Å². The normalized spacial score (nSPS) is 22.6. The Balaban J connectivity index is 1.67. The quantitative estimate of drug-likeness (QED) is 0.797. The Labute approximate surface area is 95.2 Å². The van der Waals surface area contributed by atoms with E-state index in [0.717, 1.165) is 30.7 Å². The van der Waals surface area contributed by atoms with E-state index in [4.69, 9.17) is 0 Å². The molecule has 3 rings (SSSR count). The lowest BCUT2D eigenvalue weighted by Crippen LogP contribution is -2.37. The van der Waals surface area contributed by atoms with Crippen molar-refractivity contribution >= 4 is 5.71 Å². The Kier molecular flexibility index (Phi) is 2.37. The van der Waals surface area contributed by atoms with Crippen molar-refractivity contribution in [1.29, 1.82) is 0 Å². The molecule has 1 fully saturated rings. The van der Waals surface area contributed by atoms with Gasteiger partial charge in [-0.25, -0.2) is 0 Å². The molecule has 0 saturated carbocycles. The first kappa shape index (κ1) is 9.46. The van der Waals surface area contributed by atoms with Gasteiger partial charge < -0.3 is 5.32 Å². The number of nitrogens with one attached hydrogen (secondary N) is 1. The Bertz CT molecular complexity index is 434. The summed E-state index contributed by atoms with van der Waals surface area (Å²) in [6.07, 6.45) is 5.08. The first-order valence-corrected chi connectivity index (χ1v) is 5.69. The summed E-state index contributed by atoms with van der Waals surface area (Å²) in [6, 6.07) is 11.1. The first-order valence-electron chi connectivity index (χ1n) is 5.69. The fourth-order valence-electron chi connectivity index (χ4n) is 2.24. The standard InChI is InChI=1S/C13H14N3/c1-2-4-10(5-3-1)8-11-6-7-12-13(15-11)9-14-16-12/h1-5,9,11,15H,6-8H2. The van der Waals surface area contributed by atoms with Crippen LogP contribution in [0.25, 0.3) is 0 Å². The predicted octanol–water partition coefficient (Wildman–Crippen LogP) is 1.80. The molecule has 0 aliphatic carbocycles. The molecular weight excluding hydrogens is 198 g/mol. The lowest BCUT2D eigenvalue weighted by atomic mass is 9.95. The Morgan fingerprint density at radius 3 is 3.00 bits per heavy atom. The van der Waals surface area contributed by atoms with E-state index < -0.39 is 0 Å². The number of hydrogen-bond donors (Lipinski definition) is 1. The van der Waals surface area contributed by atoms with Crippen molar-refractivity contribution in [2.75, 3.05) is 0 Å². The number of rotatable bonds is 2. The van der Waals surface area contributed by atoms with E-state index >= 15 is 0 Å². The van der Waals surface area contributed by atoms with Crippen molar-refractivity contribution in [3.05, 3.63) is 47.8 Å². The fraction of sp³-hybridized carbons (Fsp3) is 0.308. The highest BCUT2D eigenvalue weighted by atomic mass is 15.3. The molecule has 0 aromatic heterocycles. The molecule has 1 unspecified atom stereocenters. The van der Waals surface area contributed by atoms with Crippen molar-refractivity contribution in [2.45, 2.75) is 25.3 Å². The molecule has 3 heteroatoms. The molecule has 1 aromatic carbocycles. The van der Waals surface area contributed by atoms with Crippen molar-refractivity contribution in [1.82, 2.24) is 10.7 Å². The summed E-state index contributed by atoms with van der Waals surface area (Å²) in [5.74, 6) is 0. The van der Waals surface area contributed by atoms with E-state index in [9.17, 15) is 0 Å². The first-order chi connectivity index (χ1) is 7.92. The third-order valence-corrected chi connectivity index (χ3v) is 3.09. The van der Waals surface area contributed by atoms with Crippen LogP contribution in [-0.4, -0.2) is 11.8 Å². The predicted molar refractivity (Wildman–Crippen MR) is 64.0 cm³/mol. The summed E-state index contributed by atoms with van der Waals surface area (Å²) < 4.78 is 0. The number of allylic oxidation sites excluding steroid dienone is 1.